The Kier molecular flexibility index (Phi) is 6.04. The van der Waals surface area contributed by atoms with Crippen LogP contribution in [0.5, 0.6) is 5.75 Å². The van der Waals surface area contributed by atoms with Gasteiger partial charge in [-0.05, 0) is 54.8 Å². The summed E-state index contributed by atoms with van der Waals surface area (Å²) >= 11 is 0. The quantitative estimate of drug-likeness (QED) is 0.732. The molecule has 27 heavy (non-hydrogen) atoms. The molecule has 1 aliphatic rings. The summed E-state index contributed by atoms with van der Waals surface area (Å²) in [5, 5.41) is 0. The second kappa shape index (κ2) is 8.84. The topological polar surface area (TPSA) is 83.6 Å². The summed E-state index contributed by atoms with van der Waals surface area (Å²) < 4.78 is 5.55. The predicted octanol–water partition coefficient (Wildman–Crippen LogP) is 1.99. The van der Waals surface area contributed by atoms with Crippen LogP contribution in [0.2, 0.25) is 0 Å². The van der Waals surface area contributed by atoms with E-state index in [1.807, 2.05) is 4.90 Å². The number of carbonyl (C=O) groups excluding carboxylic acids is 2. The van der Waals surface area contributed by atoms with Gasteiger partial charge in [-0.2, -0.15) is 0 Å². The number of pyridine rings is 1. The number of carbonyl (C=O) groups is 2. The highest BCUT2D eigenvalue weighted by atomic mass is 16.5. The number of rotatable bonds is 7. The Balaban J connectivity index is 1.47. The van der Waals surface area contributed by atoms with Gasteiger partial charge in [0.15, 0.2) is 6.61 Å². The molecule has 2 amide bonds. The van der Waals surface area contributed by atoms with E-state index >= 15 is 0 Å². The molecule has 0 aliphatic carbocycles. The fourth-order valence-electron chi connectivity index (χ4n) is 2.73. The first-order valence-corrected chi connectivity index (χ1v) is 8.80. The lowest BCUT2D eigenvalue weighted by atomic mass is 10.2. The van der Waals surface area contributed by atoms with E-state index in [0.717, 1.165) is 31.5 Å². The summed E-state index contributed by atoms with van der Waals surface area (Å²) in [4.78, 5) is 29.7. The summed E-state index contributed by atoms with van der Waals surface area (Å²) in [5.74, 6) is 0.323. The van der Waals surface area contributed by atoms with Crippen molar-refractivity contribution in [2.45, 2.75) is 12.8 Å². The molecule has 7 heteroatoms. The monoisotopic (exact) mass is 366 g/mol. The molecule has 1 aromatic carbocycles. The zero-order valence-corrected chi connectivity index (χ0v) is 15.0. The van der Waals surface area contributed by atoms with Gasteiger partial charge in [0.05, 0.1) is 11.3 Å². The van der Waals surface area contributed by atoms with Gasteiger partial charge in [-0.3, -0.25) is 25.4 Å². The van der Waals surface area contributed by atoms with Crippen LogP contribution in [-0.4, -0.2) is 41.4 Å². The Bertz CT molecular complexity index is 800. The number of amides is 2. The molecular weight excluding hydrogens is 344 g/mol. The molecule has 2 heterocycles. The van der Waals surface area contributed by atoms with Gasteiger partial charge in [0.1, 0.15) is 5.75 Å². The van der Waals surface area contributed by atoms with Crippen molar-refractivity contribution >= 4 is 17.5 Å². The third kappa shape index (κ3) is 5.07. The molecule has 2 aromatic rings. The molecular formula is C20H22N4O3. The Morgan fingerprint density at radius 1 is 1.07 bits per heavy atom. The van der Waals surface area contributed by atoms with Crippen LogP contribution in [0, 0.1) is 0 Å². The van der Waals surface area contributed by atoms with Gasteiger partial charge < -0.3 is 9.64 Å². The van der Waals surface area contributed by atoms with E-state index < -0.39 is 0 Å². The molecule has 1 fully saturated rings. The summed E-state index contributed by atoms with van der Waals surface area (Å²) in [6.07, 6.45) is 5.21. The fourth-order valence-corrected chi connectivity index (χ4v) is 2.73. The summed E-state index contributed by atoms with van der Waals surface area (Å²) in [5.41, 5.74) is 7.13. The van der Waals surface area contributed by atoms with Crippen LogP contribution >= 0.6 is 0 Å². The molecule has 140 valence electrons. The normalized spacial score (nSPS) is 13.1. The van der Waals surface area contributed by atoms with E-state index in [1.54, 1.807) is 42.6 Å². The number of hydrogen-bond acceptors (Lipinski definition) is 5. The van der Waals surface area contributed by atoms with Crippen LogP contribution in [0.25, 0.3) is 5.70 Å². The maximum atomic E-state index is 12.0. The number of hydrogen-bond donors (Lipinski definition) is 2. The molecule has 0 bridgehead atoms. The molecule has 0 spiro atoms. The van der Waals surface area contributed by atoms with Gasteiger partial charge in [-0.25, -0.2) is 0 Å². The number of nitrogens with zero attached hydrogens (tertiary/aromatic N) is 2. The third-order valence-corrected chi connectivity index (χ3v) is 4.27. The predicted molar refractivity (Wildman–Crippen MR) is 102 cm³/mol. The van der Waals surface area contributed by atoms with Crippen molar-refractivity contribution in [1.82, 2.24) is 20.7 Å². The smallest absolute Gasteiger partial charge is 0.271 e. The Hall–Kier alpha value is -3.35. The largest absolute Gasteiger partial charge is 0.484 e. The number of nitrogens with one attached hydrogen (secondary N) is 2. The minimum atomic E-state index is -0.301. The number of ether oxygens (including phenoxy) is 1. The standard InChI is InChI=1S/C20H22N4O3/c1-15(22-23-20(26)17-5-4-10-21-13-17)16-6-8-18(9-7-16)27-14-19(25)24-11-2-3-12-24/h4-10,13,22H,1-3,11-12,14H2,(H,23,26). The minimum Gasteiger partial charge on any atom is -0.484 e. The molecule has 1 saturated heterocycles. The molecule has 1 aromatic heterocycles. The highest BCUT2D eigenvalue weighted by Gasteiger charge is 2.18. The lowest BCUT2D eigenvalue weighted by Gasteiger charge is -2.16. The van der Waals surface area contributed by atoms with Crippen LogP contribution in [0.3, 0.4) is 0 Å². The first-order valence-electron chi connectivity index (χ1n) is 8.80. The molecule has 3 rings (SSSR count). The van der Waals surface area contributed by atoms with E-state index in [1.165, 1.54) is 6.20 Å². The number of benzene rings is 1. The van der Waals surface area contributed by atoms with Crippen molar-refractivity contribution < 1.29 is 14.3 Å². The average molecular weight is 366 g/mol. The fraction of sp³-hybridized carbons (Fsp3) is 0.250. The van der Waals surface area contributed by atoms with E-state index in [0.29, 0.717) is 17.0 Å². The molecule has 1 aliphatic heterocycles. The number of aromatic nitrogens is 1. The van der Waals surface area contributed by atoms with Crippen molar-refractivity contribution in [3.8, 4) is 5.75 Å². The van der Waals surface area contributed by atoms with Crippen LogP contribution in [0.15, 0.2) is 55.4 Å². The molecule has 0 saturated carbocycles. The molecule has 2 N–H and O–H groups in total. The Labute approximate surface area is 158 Å². The van der Waals surface area contributed by atoms with Gasteiger partial charge in [-0.15, -0.1) is 0 Å². The van der Waals surface area contributed by atoms with Gasteiger partial charge in [0.2, 0.25) is 0 Å². The first kappa shape index (κ1) is 18.4. The number of hydrazine groups is 1. The van der Waals surface area contributed by atoms with E-state index in [2.05, 4.69) is 22.4 Å². The van der Waals surface area contributed by atoms with Crippen molar-refractivity contribution in [1.29, 1.82) is 0 Å². The van der Waals surface area contributed by atoms with E-state index in [4.69, 9.17) is 4.74 Å². The minimum absolute atomic E-state index is 0.0146. The summed E-state index contributed by atoms with van der Waals surface area (Å²) in [6.45, 7) is 5.58. The van der Waals surface area contributed by atoms with Gasteiger partial charge >= 0.3 is 0 Å². The number of likely N-dealkylation sites (tertiary alicyclic amines) is 1. The highest BCUT2D eigenvalue weighted by molar-refractivity contribution is 5.94. The van der Waals surface area contributed by atoms with Crippen LogP contribution in [0.4, 0.5) is 0 Å². The molecule has 0 atom stereocenters. The molecule has 7 nitrogen and oxygen atoms in total. The van der Waals surface area contributed by atoms with Gasteiger partial charge in [0.25, 0.3) is 11.8 Å². The van der Waals surface area contributed by atoms with Gasteiger partial charge in [-0.1, -0.05) is 6.58 Å². The Morgan fingerprint density at radius 3 is 2.48 bits per heavy atom. The third-order valence-electron chi connectivity index (χ3n) is 4.27. The maximum Gasteiger partial charge on any atom is 0.271 e. The lowest BCUT2D eigenvalue weighted by Crippen LogP contribution is -2.35. The van der Waals surface area contributed by atoms with Crippen molar-refractivity contribution in [2.24, 2.45) is 0 Å². The van der Waals surface area contributed by atoms with Crippen LogP contribution < -0.4 is 15.6 Å². The maximum absolute atomic E-state index is 12.0. The SMILES string of the molecule is C=C(NNC(=O)c1cccnc1)c1ccc(OCC(=O)N2CCCC2)cc1. The van der Waals surface area contributed by atoms with Crippen molar-refractivity contribution in [3.05, 3.63) is 66.5 Å². The van der Waals surface area contributed by atoms with E-state index in [9.17, 15) is 9.59 Å². The summed E-state index contributed by atoms with van der Waals surface area (Å²) in [7, 11) is 0. The molecule has 0 radical (unpaired) electrons. The van der Waals surface area contributed by atoms with Crippen LogP contribution in [0.1, 0.15) is 28.8 Å². The summed E-state index contributed by atoms with van der Waals surface area (Å²) in [6, 6.07) is 10.5. The second-order valence-corrected chi connectivity index (χ2v) is 6.20. The average Bonchev–Trinajstić information content (AvgIpc) is 3.26. The molecule has 0 unspecified atom stereocenters. The van der Waals surface area contributed by atoms with Crippen molar-refractivity contribution in [3.63, 3.8) is 0 Å². The van der Waals surface area contributed by atoms with Crippen molar-refractivity contribution in [2.75, 3.05) is 19.7 Å². The van der Waals surface area contributed by atoms with Crippen LogP contribution in [-0.2, 0) is 4.79 Å². The first-order chi connectivity index (χ1) is 13.1. The lowest BCUT2D eigenvalue weighted by molar-refractivity contribution is -0.132. The zero-order valence-electron chi connectivity index (χ0n) is 15.0. The Morgan fingerprint density at radius 2 is 1.81 bits per heavy atom. The van der Waals surface area contributed by atoms with Gasteiger partial charge in [0, 0.05) is 25.5 Å². The van der Waals surface area contributed by atoms with E-state index in [-0.39, 0.29) is 18.4 Å². The highest BCUT2D eigenvalue weighted by Crippen LogP contribution is 2.16. The second-order valence-electron chi connectivity index (χ2n) is 6.20. The zero-order chi connectivity index (χ0) is 19.1.